The van der Waals surface area contributed by atoms with Crippen molar-refractivity contribution in [1.82, 2.24) is 0 Å². The number of hydrogen-bond acceptors (Lipinski definition) is 6. The Hall–Kier alpha value is -1.59. The molecule has 0 saturated heterocycles. The van der Waals surface area contributed by atoms with Gasteiger partial charge >= 0.3 is 17.9 Å². The Labute approximate surface area is 380 Å². The van der Waals surface area contributed by atoms with E-state index in [-0.39, 0.29) is 31.1 Å². The van der Waals surface area contributed by atoms with Crippen LogP contribution in [-0.2, 0) is 28.6 Å². The zero-order valence-electron chi connectivity index (χ0n) is 41.6. The molecule has 0 aliphatic carbocycles. The van der Waals surface area contributed by atoms with Gasteiger partial charge in [0.1, 0.15) is 13.2 Å². The summed E-state index contributed by atoms with van der Waals surface area (Å²) in [6.45, 7) is 9.05. The Morgan fingerprint density at radius 1 is 0.311 bits per heavy atom. The summed E-state index contributed by atoms with van der Waals surface area (Å²) in [4.78, 5) is 38.0. The van der Waals surface area contributed by atoms with E-state index < -0.39 is 6.10 Å². The minimum Gasteiger partial charge on any atom is -0.462 e. The van der Waals surface area contributed by atoms with Crippen molar-refractivity contribution < 1.29 is 28.6 Å². The number of esters is 3. The number of carbonyl (C=O) groups is 3. The van der Waals surface area contributed by atoms with E-state index in [1.54, 1.807) is 0 Å². The minimum atomic E-state index is -0.760. The summed E-state index contributed by atoms with van der Waals surface area (Å²) in [6.07, 6.45) is 52.3. The molecule has 0 amide bonds. The number of carbonyl (C=O) groups excluding carboxylic acids is 3. The molecule has 0 aromatic carbocycles. The Kier molecular flexibility index (Phi) is 48.1. The van der Waals surface area contributed by atoms with Gasteiger partial charge < -0.3 is 14.2 Å². The van der Waals surface area contributed by atoms with Gasteiger partial charge in [0.05, 0.1) is 0 Å². The van der Waals surface area contributed by atoms with Gasteiger partial charge in [-0.3, -0.25) is 14.4 Å². The van der Waals surface area contributed by atoms with Gasteiger partial charge in [-0.15, -0.1) is 0 Å². The molecule has 6 heteroatoms. The van der Waals surface area contributed by atoms with Crippen molar-refractivity contribution in [1.29, 1.82) is 0 Å². The molecule has 0 heterocycles. The minimum absolute atomic E-state index is 0.0621. The number of rotatable bonds is 50. The highest BCUT2D eigenvalue weighted by atomic mass is 16.6. The third kappa shape index (κ3) is 49.3. The fraction of sp³-hybridized carbons (Fsp3) is 0.945. The summed E-state index contributed by atoms with van der Waals surface area (Å²) in [6, 6.07) is 0. The van der Waals surface area contributed by atoms with E-state index in [2.05, 4.69) is 27.7 Å². The van der Waals surface area contributed by atoms with Gasteiger partial charge in [0.15, 0.2) is 6.10 Å². The van der Waals surface area contributed by atoms with Gasteiger partial charge in [-0.25, -0.2) is 0 Å². The molecule has 61 heavy (non-hydrogen) atoms. The van der Waals surface area contributed by atoms with Crippen molar-refractivity contribution in [2.75, 3.05) is 13.2 Å². The fourth-order valence-corrected chi connectivity index (χ4v) is 8.39. The van der Waals surface area contributed by atoms with Gasteiger partial charge in [0.25, 0.3) is 0 Å². The molecule has 0 aromatic heterocycles. The monoisotopic (exact) mass is 863 g/mol. The molecule has 0 aliphatic rings. The first kappa shape index (κ1) is 59.4. The van der Waals surface area contributed by atoms with Crippen molar-refractivity contribution in [3.63, 3.8) is 0 Å². The predicted molar refractivity (Wildman–Crippen MR) is 261 cm³/mol. The van der Waals surface area contributed by atoms with E-state index in [1.165, 1.54) is 205 Å². The lowest BCUT2D eigenvalue weighted by Gasteiger charge is -2.18. The zero-order chi connectivity index (χ0) is 44.5. The SMILES string of the molecule is CCCCCCCCCCCCCCCC(=O)O[C@H](COC(=O)CCCCCCCCCCCCCC)COC(=O)CCCCCCCCCCCCCCCCCC(C)C. The maximum absolute atomic E-state index is 12.8. The van der Waals surface area contributed by atoms with Crippen molar-refractivity contribution in [3.8, 4) is 0 Å². The zero-order valence-corrected chi connectivity index (χ0v) is 41.6. The van der Waals surface area contributed by atoms with Crippen LogP contribution in [0.25, 0.3) is 0 Å². The standard InChI is InChI=1S/C55H106O6/c1-5-7-9-11-13-15-17-22-28-32-36-40-44-48-55(58)61-52(49-59-53(56)46-42-38-34-30-26-18-16-14-12-10-8-6-2)50-60-54(57)47-43-39-35-31-27-24-21-19-20-23-25-29-33-37-41-45-51(3)4/h51-52H,5-50H2,1-4H3/t52-/m1/s1. The van der Waals surface area contributed by atoms with Crippen molar-refractivity contribution in [3.05, 3.63) is 0 Å². The Balaban J connectivity index is 4.27. The molecule has 362 valence electrons. The van der Waals surface area contributed by atoms with Crippen LogP contribution in [0.2, 0.25) is 0 Å². The average Bonchev–Trinajstić information content (AvgIpc) is 3.24. The lowest BCUT2D eigenvalue weighted by atomic mass is 10.0. The Bertz CT molecular complexity index is 918. The van der Waals surface area contributed by atoms with Crippen LogP contribution in [0.3, 0.4) is 0 Å². The molecule has 0 radical (unpaired) electrons. The maximum Gasteiger partial charge on any atom is 0.306 e. The molecule has 0 bridgehead atoms. The molecule has 0 aromatic rings. The fourth-order valence-electron chi connectivity index (χ4n) is 8.39. The highest BCUT2D eigenvalue weighted by Crippen LogP contribution is 2.17. The summed E-state index contributed by atoms with van der Waals surface area (Å²) < 4.78 is 16.8. The first-order chi connectivity index (χ1) is 29.9. The normalized spacial score (nSPS) is 12.0. The molecule has 6 nitrogen and oxygen atoms in total. The first-order valence-corrected chi connectivity index (χ1v) is 27.4. The van der Waals surface area contributed by atoms with E-state index in [9.17, 15) is 14.4 Å². The van der Waals surface area contributed by atoms with Crippen molar-refractivity contribution in [2.45, 2.75) is 316 Å². The quantitative estimate of drug-likeness (QED) is 0.0344. The van der Waals surface area contributed by atoms with Crippen molar-refractivity contribution >= 4 is 17.9 Å². The van der Waals surface area contributed by atoms with Gasteiger partial charge in [-0.05, 0) is 25.2 Å². The lowest BCUT2D eigenvalue weighted by molar-refractivity contribution is -0.167. The van der Waals surface area contributed by atoms with Crippen LogP contribution >= 0.6 is 0 Å². The summed E-state index contributed by atoms with van der Waals surface area (Å²) in [7, 11) is 0. The summed E-state index contributed by atoms with van der Waals surface area (Å²) in [5, 5.41) is 0. The molecule has 1 atom stereocenters. The van der Waals surface area contributed by atoms with E-state index in [0.717, 1.165) is 63.7 Å². The van der Waals surface area contributed by atoms with Crippen LogP contribution in [0, 0.1) is 5.92 Å². The van der Waals surface area contributed by atoms with Crippen LogP contribution in [0.5, 0.6) is 0 Å². The summed E-state index contributed by atoms with van der Waals surface area (Å²) >= 11 is 0. The third-order valence-electron chi connectivity index (χ3n) is 12.5. The van der Waals surface area contributed by atoms with Crippen LogP contribution in [0.1, 0.15) is 310 Å². The van der Waals surface area contributed by atoms with E-state index in [0.29, 0.717) is 19.3 Å². The molecule has 0 aliphatic heterocycles. The van der Waals surface area contributed by atoms with Crippen LogP contribution in [0.15, 0.2) is 0 Å². The van der Waals surface area contributed by atoms with Crippen LogP contribution in [-0.4, -0.2) is 37.2 Å². The summed E-state index contributed by atoms with van der Waals surface area (Å²) in [5.74, 6) is 0.00960. The largest absolute Gasteiger partial charge is 0.462 e. The van der Waals surface area contributed by atoms with Gasteiger partial charge in [0, 0.05) is 19.3 Å². The topological polar surface area (TPSA) is 78.9 Å². The molecule has 0 rings (SSSR count). The average molecular weight is 863 g/mol. The maximum atomic E-state index is 12.8. The molecular formula is C55H106O6. The Morgan fingerprint density at radius 3 is 0.803 bits per heavy atom. The number of ether oxygens (including phenoxy) is 3. The van der Waals surface area contributed by atoms with Crippen LogP contribution in [0.4, 0.5) is 0 Å². The first-order valence-electron chi connectivity index (χ1n) is 27.4. The van der Waals surface area contributed by atoms with E-state index in [1.807, 2.05) is 0 Å². The van der Waals surface area contributed by atoms with Crippen LogP contribution < -0.4 is 0 Å². The molecule has 0 unspecified atom stereocenters. The van der Waals surface area contributed by atoms with Gasteiger partial charge in [-0.1, -0.05) is 272 Å². The Morgan fingerprint density at radius 2 is 0.541 bits per heavy atom. The number of hydrogen-bond donors (Lipinski definition) is 0. The van der Waals surface area contributed by atoms with E-state index in [4.69, 9.17) is 14.2 Å². The molecule has 0 saturated carbocycles. The van der Waals surface area contributed by atoms with Gasteiger partial charge in [0.2, 0.25) is 0 Å². The predicted octanol–water partition coefficient (Wildman–Crippen LogP) is 17.8. The second-order valence-electron chi connectivity index (χ2n) is 19.3. The highest BCUT2D eigenvalue weighted by Gasteiger charge is 2.19. The second kappa shape index (κ2) is 49.4. The number of unbranched alkanes of at least 4 members (excludes halogenated alkanes) is 37. The molecule has 0 fully saturated rings. The smallest absolute Gasteiger partial charge is 0.306 e. The highest BCUT2D eigenvalue weighted by molar-refractivity contribution is 5.71. The molecule has 0 spiro atoms. The van der Waals surface area contributed by atoms with E-state index >= 15 is 0 Å². The second-order valence-corrected chi connectivity index (χ2v) is 19.3. The third-order valence-corrected chi connectivity index (χ3v) is 12.5. The molecule has 0 N–H and O–H groups in total. The van der Waals surface area contributed by atoms with Gasteiger partial charge in [-0.2, -0.15) is 0 Å². The van der Waals surface area contributed by atoms with Crippen molar-refractivity contribution in [2.24, 2.45) is 5.92 Å². The molecular weight excluding hydrogens is 757 g/mol. The summed E-state index contributed by atoms with van der Waals surface area (Å²) in [5.41, 5.74) is 0. The lowest BCUT2D eigenvalue weighted by Crippen LogP contribution is -2.30.